The van der Waals surface area contributed by atoms with E-state index in [1.807, 2.05) is 0 Å². The van der Waals surface area contributed by atoms with Gasteiger partial charge in [-0.05, 0) is 18.9 Å². The Morgan fingerprint density at radius 1 is 1.42 bits per heavy atom. The van der Waals surface area contributed by atoms with Crippen molar-refractivity contribution >= 4 is 0 Å². The number of piperazine rings is 1. The quantitative estimate of drug-likeness (QED) is 0.833. The smallest absolute Gasteiger partial charge is 0.0476 e. The van der Waals surface area contributed by atoms with Crippen molar-refractivity contribution in [3.8, 4) is 12.3 Å². The maximum atomic E-state index is 5.54. The Balaban J connectivity index is 2.21. The van der Waals surface area contributed by atoms with E-state index in [1.165, 1.54) is 5.56 Å². The van der Waals surface area contributed by atoms with Gasteiger partial charge in [-0.15, -0.1) is 12.3 Å². The lowest BCUT2D eigenvalue weighted by molar-refractivity contribution is 0.0844. The van der Waals surface area contributed by atoms with E-state index in [0.717, 1.165) is 25.9 Å². The zero-order chi connectivity index (χ0) is 13.7. The molecule has 1 saturated heterocycles. The van der Waals surface area contributed by atoms with Crippen LogP contribution >= 0.6 is 0 Å². The number of terminal acetylenes is 1. The minimum absolute atomic E-state index is 0.440. The monoisotopic (exact) mass is 256 g/mol. The van der Waals surface area contributed by atoms with Gasteiger partial charge < -0.3 is 5.32 Å². The molecule has 102 valence electrons. The fourth-order valence-electron chi connectivity index (χ4n) is 2.96. The summed E-state index contributed by atoms with van der Waals surface area (Å²) in [5.74, 6) is 2.84. The second kappa shape index (κ2) is 6.75. The second-order valence-corrected chi connectivity index (χ2v) is 5.40. The predicted molar refractivity (Wildman–Crippen MR) is 80.9 cm³/mol. The number of nitrogens with one attached hydrogen (secondary N) is 1. The van der Waals surface area contributed by atoms with Gasteiger partial charge >= 0.3 is 0 Å². The molecule has 2 nitrogen and oxygen atoms in total. The van der Waals surface area contributed by atoms with Crippen LogP contribution in [0, 0.1) is 12.3 Å². The molecule has 2 heteroatoms. The van der Waals surface area contributed by atoms with Crippen LogP contribution in [0.15, 0.2) is 30.3 Å². The van der Waals surface area contributed by atoms with Gasteiger partial charge in [0.2, 0.25) is 0 Å². The first kappa shape index (κ1) is 14.1. The van der Waals surface area contributed by atoms with Crippen LogP contribution < -0.4 is 5.32 Å². The Hall–Kier alpha value is -1.30. The average Bonchev–Trinajstić information content (AvgIpc) is 2.45. The lowest BCUT2D eigenvalue weighted by atomic mass is 9.97. The summed E-state index contributed by atoms with van der Waals surface area (Å²) < 4.78 is 0. The van der Waals surface area contributed by atoms with Gasteiger partial charge in [0, 0.05) is 37.6 Å². The number of nitrogens with zero attached hydrogens (tertiary/aromatic N) is 1. The summed E-state index contributed by atoms with van der Waals surface area (Å²) in [5.41, 5.74) is 1.39. The molecule has 19 heavy (non-hydrogen) atoms. The Bertz CT molecular complexity index is 421. The van der Waals surface area contributed by atoms with E-state index in [2.05, 4.69) is 60.3 Å². The first-order chi connectivity index (χ1) is 9.26. The van der Waals surface area contributed by atoms with E-state index < -0.39 is 0 Å². The molecule has 0 amide bonds. The van der Waals surface area contributed by atoms with E-state index in [1.54, 1.807) is 0 Å². The van der Waals surface area contributed by atoms with Crippen molar-refractivity contribution in [1.29, 1.82) is 0 Å². The van der Waals surface area contributed by atoms with E-state index >= 15 is 0 Å². The molecular formula is C17H24N2. The minimum atomic E-state index is 0.440. The zero-order valence-corrected chi connectivity index (χ0v) is 12.0. The largest absolute Gasteiger partial charge is 0.311 e. The molecule has 1 heterocycles. The normalized spacial score (nSPS) is 25.7. The average molecular weight is 256 g/mol. The van der Waals surface area contributed by atoms with Crippen LogP contribution in [0.25, 0.3) is 0 Å². The topological polar surface area (TPSA) is 15.3 Å². The van der Waals surface area contributed by atoms with Gasteiger partial charge in [0.15, 0.2) is 0 Å². The number of hydrogen-bond donors (Lipinski definition) is 1. The van der Waals surface area contributed by atoms with Crippen molar-refractivity contribution < 1.29 is 0 Å². The van der Waals surface area contributed by atoms with Gasteiger partial charge in [0.25, 0.3) is 0 Å². The molecule has 0 saturated carbocycles. The second-order valence-electron chi connectivity index (χ2n) is 5.40. The molecule has 3 unspecified atom stereocenters. The molecule has 2 rings (SSSR count). The minimum Gasteiger partial charge on any atom is -0.311 e. The first-order valence-corrected chi connectivity index (χ1v) is 7.23. The zero-order valence-electron chi connectivity index (χ0n) is 12.0. The molecule has 1 aliphatic rings. The van der Waals surface area contributed by atoms with Crippen molar-refractivity contribution in [2.75, 3.05) is 13.1 Å². The van der Waals surface area contributed by atoms with Crippen LogP contribution in [0.3, 0.4) is 0 Å². The molecule has 1 aliphatic heterocycles. The highest BCUT2D eigenvalue weighted by molar-refractivity contribution is 5.20. The van der Waals surface area contributed by atoms with Crippen molar-refractivity contribution in [1.82, 2.24) is 10.2 Å². The Labute approximate surface area is 117 Å². The van der Waals surface area contributed by atoms with Gasteiger partial charge in [0.1, 0.15) is 0 Å². The molecule has 0 bridgehead atoms. The lowest BCUT2D eigenvalue weighted by Gasteiger charge is -2.43. The van der Waals surface area contributed by atoms with Gasteiger partial charge in [0.05, 0.1) is 0 Å². The fourth-order valence-corrected chi connectivity index (χ4v) is 2.96. The van der Waals surface area contributed by atoms with Crippen molar-refractivity contribution in [2.45, 2.75) is 44.8 Å². The summed E-state index contributed by atoms with van der Waals surface area (Å²) in [6.07, 6.45) is 7.49. The molecule has 1 aromatic rings. The van der Waals surface area contributed by atoms with Crippen LogP contribution in [0.2, 0.25) is 0 Å². The van der Waals surface area contributed by atoms with Crippen LogP contribution in [-0.2, 0) is 0 Å². The molecule has 3 atom stereocenters. The summed E-state index contributed by atoms with van der Waals surface area (Å²) in [7, 11) is 0. The van der Waals surface area contributed by atoms with Crippen LogP contribution in [0.4, 0.5) is 0 Å². The van der Waals surface area contributed by atoms with Gasteiger partial charge in [-0.3, -0.25) is 4.90 Å². The van der Waals surface area contributed by atoms with E-state index in [4.69, 9.17) is 6.42 Å². The molecular weight excluding hydrogens is 232 g/mol. The van der Waals surface area contributed by atoms with Gasteiger partial charge in [-0.25, -0.2) is 0 Å². The lowest BCUT2D eigenvalue weighted by Crippen LogP contribution is -2.54. The Kier molecular flexibility index (Phi) is 5.01. The van der Waals surface area contributed by atoms with Crippen molar-refractivity contribution in [3.63, 3.8) is 0 Å². The standard InChI is InChI=1S/C17H24N2/c1-4-9-16(5-2)19-13-14(3)18-12-17(19)15-10-7-6-8-11-15/h1,6-8,10-11,14,16-18H,5,9,12-13H2,2-3H3. The molecule has 0 aromatic heterocycles. The van der Waals surface area contributed by atoms with Gasteiger partial charge in [-0.2, -0.15) is 0 Å². The summed E-state index contributed by atoms with van der Waals surface area (Å²) >= 11 is 0. The molecule has 1 aromatic carbocycles. The summed E-state index contributed by atoms with van der Waals surface area (Å²) in [6.45, 7) is 6.56. The first-order valence-electron chi connectivity index (χ1n) is 7.23. The molecule has 0 spiro atoms. The summed E-state index contributed by atoms with van der Waals surface area (Å²) in [5, 5.41) is 3.59. The maximum Gasteiger partial charge on any atom is 0.0476 e. The van der Waals surface area contributed by atoms with Crippen LogP contribution in [0.5, 0.6) is 0 Å². The Morgan fingerprint density at radius 2 is 2.16 bits per heavy atom. The van der Waals surface area contributed by atoms with E-state index in [-0.39, 0.29) is 0 Å². The van der Waals surface area contributed by atoms with Crippen LogP contribution in [-0.4, -0.2) is 30.1 Å². The third-order valence-electron chi connectivity index (χ3n) is 4.02. The fraction of sp³-hybridized carbons (Fsp3) is 0.529. The summed E-state index contributed by atoms with van der Waals surface area (Å²) in [6, 6.07) is 12.2. The summed E-state index contributed by atoms with van der Waals surface area (Å²) in [4.78, 5) is 2.59. The number of rotatable bonds is 4. The predicted octanol–water partition coefficient (Wildman–Crippen LogP) is 2.82. The maximum absolute atomic E-state index is 5.54. The molecule has 0 aliphatic carbocycles. The third-order valence-corrected chi connectivity index (χ3v) is 4.02. The van der Waals surface area contributed by atoms with E-state index in [0.29, 0.717) is 18.1 Å². The highest BCUT2D eigenvalue weighted by atomic mass is 15.3. The SMILES string of the molecule is C#CCC(CC)N1CC(C)NCC1c1ccccc1. The molecule has 1 N–H and O–H groups in total. The molecule has 0 radical (unpaired) electrons. The Morgan fingerprint density at radius 3 is 2.79 bits per heavy atom. The highest BCUT2D eigenvalue weighted by Gasteiger charge is 2.31. The van der Waals surface area contributed by atoms with Crippen molar-refractivity contribution in [2.24, 2.45) is 0 Å². The molecule has 1 fully saturated rings. The van der Waals surface area contributed by atoms with E-state index in [9.17, 15) is 0 Å². The number of hydrogen-bond acceptors (Lipinski definition) is 2. The van der Waals surface area contributed by atoms with Crippen LogP contribution in [0.1, 0.15) is 38.3 Å². The number of benzene rings is 1. The van der Waals surface area contributed by atoms with Gasteiger partial charge in [-0.1, -0.05) is 37.3 Å². The highest BCUT2D eigenvalue weighted by Crippen LogP contribution is 2.27. The third kappa shape index (κ3) is 3.37. The van der Waals surface area contributed by atoms with Crippen molar-refractivity contribution in [3.05, 3.63) is 35.9 Å².